The summed E-state index contributed by atoms with van der Waals surface area (Å²) in [5.41, 5.74) is 4.41. The zero-order valence-electron chi connectivity index (χ0n) is 10.7. The van der Waals surface area contributed by atoms with Crippen molar-refractivity contribution in [2.24, 2.45) is 5.92 Å². The van der Waals surface area contributed by atoms with Gasteiger partial charge in [-0.15, -0.1) is 0 Å². The molecular weight excluding hydrogens is 194 g/mol. The summed E-state index contributed by atoms with van der Waals surface area (Å²) in [5.74, 6) is 0.761. The van der Waals surface area contributed by atoms with Crippen LogP contribution in [0, 0.1) is 5.92 Å². The zero-order valence-corrected chi connectivity index (χ0v) is 10.7. The molecule has 1 atom stereocenters. The van der Waals surface area contributed by atoms with E-state index in [1.54, 1.807) is 11.1 Å². The molecule has 1 N–H and O–H groups in total. The van der Waals surface area contributed by atoms with E-state index < -0.39 is 0 Å². The van der Waals surface area contributed by atoms with Crippen molar-refractivity contribution in [2.75, 3.05) is 5.32 Å². The molecule has 0 aromatic heterocycles. The Balaban J connectivity index is 1.99. The third kappa shape index (κ3) is 2.78. The molecule has 1 aliphatic carbocycles. The average Bonchev–Trinajstić information content (AvgIpc) is 2.63. The number of nitrogens with one attached hydrogen (secondary N) is 1. The maximum Gasteiger partial charge on any atom is 0.0345 e. The van der Waals surface area contributed by atoms with Gasteiger partial charge in [0.05, 0.1) is 0 Å². The zero-order chi connectivity index (χ0) is 11.5. The Hall–Kier alpha value is -0.980. The van der Waals surface area contributed by atoms with Gasteiger partial charge in [-0.1, -0.05) is 19.9 Å². The van der Waals surface area contributed by atoms with Crippen molar-refractivity contribution < 1.29 is 0 Å². The van der Waals surface area contributed by atoms with E-state index in [-0.39, 0.29) is 0 Å². The molecule has 1 unspecified atom stereocenters. The second-order valence-corrected chi connectivity index (χ2v) is 5.51. The maximum atomic E-state index is 3.60. The molecule has 1 nitrogen and oxygen atoms in total. The first-order chi connectivity index (χ1) is 7.65. The van der Waals surface area contributed by atoms with Crippen LogP contribution in [0.2, 0.25) is 0 Å². The van der Waals surface area contributed by atoms with E-state index in [1.807, 2.05) is 0 Å². The number of hydrogen-bond acceptors (Lipinski definition) is 1. The lowest BCUT2D eigenvalue weighted by Gasteiger charge is -2.17. The van der Waals surface area contributed by atoms with Crippen molar-refractivity contribution in [1.82, 2.24) is 0 Å². The van der Waals surface area contributed by atoms with Crippen LogP contribution in [-0.2, 0) is 12.8 Å². The number of rotatable bonds is 4. The van der Waals surface area contributed by atoms with E-state index in [0.717, 1.165) is 5.92 Å². The van der Waals surface area contributed by atoms with Gasteiger partial charge < -0.3 is 5.32 Å². The second-order valence-electron chi connectivity index (χ2n) is 5.51. The van der Waals surface area contributed by atoms with Crippen molar-refractivity contribution >= 4 is 5.69 Å². The predicted octanol–water partition coefficient (Wildman–Crippen LogP) is 4.02. The van der Waals surface area contributed by atoms with Crippen LogP contribution in [0.5, 0.6) is 0 Å². The summed E-state index contributed by atoms with van der Waals surface area (Å²) in [6.07, 6.45) is 5.11. The summed E-state index contributed by atoms with van der Waals surface area (Å²) in [7, 11) is 0. The summed E-state index contributed by atoms with van der Waals surface area (Å²) < 4.78 is 0. The first-order valence-electron chi connectivity index (χ1n) is 6.53. The highest BCUT2D eigenvalue weighted by molar-refractivity contribution is 5.50. The molecule has 0 bridgehead atoms. The quantitative estimate of drug-likeness (QED) is 0.803. The lowest BCUT2D eigenvalue weighted by molar-refractivity contribution is 0.540. The van der Waals surface area contributed by atoms with E-state index in [1.165, 1.54) is 31.4 Å². The van der Waals surface area contributed by atoms with Gasteiger partial charge in [0.25, 0.3) is 0 Å². The minimum atomic E-state index is 0.569. The van der Waals surface area contributed by atoms with Gasteiger partial charge in [0, 0.05) is 11.7 Å². The van der Waals surface area contributed by atoms with Crippen molar-refractivity contribution in [3.05, 3.63) is 29.3 Å². The molecule has 2 rings (SSSR count). The summed E-state index contributed by atoms with van der Waals surface area (Å²) in [6, 6.07) is 7.45. The molecule has 0 fully saturated rings. The number of benzene rings is 1. The van der Waals surface area contributed by atoms with Gasteiger partial charge in [-0.05, 0) is 61.8 Å². The molecule has 0 aliphatic heterocycles. The van der Waals surface area contributed by atoms with Gasteiger partial charge in [-0.2, -0.15) is 0 Å². The molecule has 16 heavy (non-hydrogen) atoms. The first-order valence-corrected chi connectivity index (χ1v) is 6.53. The smallest absolute Gasteiger partial charge is 0.0345 e. The molecule has 1 aliphatic rings. The Bertz CT molecular complexity index is 354. The van der Waals surface area contributed by atoms with E-state index >= 15 is 0 Å². The van der Waals surface area contributed by atoms with Crippen molar-refractivity contribution in [2.45, 2.75) is 52.5 Å². The Morgan fingerprint density at radius 2 is 1.88 bits per heavy atom. The summed E-state index contributed by atoms with van der Waals surface area (Å²) >= 11 is 0. The maximum absolute atomic E-state index is 3.60. The van der Waals surface area contributed by atoms with Crippen LogP contribution in [0.3, 0.4) is 0 Å². The summed E-state index contributed by atoms with van der Waals surface area (Å²) in [6.45, 7) is 6.83. The van der Waals surface area contributed by atoms with Gasteiger partial charge in [0.1, 0.15) is 0 Å². The highest BCUT2D eigenvalue weighted by Gasteiger charge is 2.11. The molecule has 1 aromatic rings. The van der Waals surface area contributed by atoms with E-state index in [0.29, 0.717) is 6.04 Å². The Morgan fingerprint density at radius 1 is 1.12 bits per heavy atom. The molecule has 1 aromatic carbocycles. The van der Waals surface area contributed by atoms with Crippen molar-refractivity contribution in [1.29, 1.82) is 0 Å². The Kier molecular flexibility index (Phi) is 3.52. The molecule has 0 spiro atoms. The van der Waals surface area contributed by atoms with Crippen molar-refractivity contribution in [3.63, 3.8) is 0 Å². The number of anilines is 1. The SMILES string of the molecule is CC(C)CC(C)Nc1ccc2c(c1)CCC2. The topological polar surface area (TPSA) is 12.0 Å². The minimum Gasteiger partial charge on any atom is -0.383 e. The highest BCUT2D eigenvalue weighted by atomic mass is 14.9. The highest BCUT2D eigenvalue weighted by Crippen LogP contribution is 2.25. The number of aryl methyl sites for hydroxylation is 2. The van der Waals surface area contributed by atoms with Gasteiger partial charge in [0.2, 0.25) is 0 Å². The van der Waals surface area contributed by atoms with E-state index in [2.05, 4.69) is 44.3 Å². The molecule has 0 amide bonds. The third-order valence-corrected chi connectivity index (χ3v) is 3.34. The fourth-order valence-corrected chi connectivity index (χ4v) is 2.71. The summed E-state index contributed by atoms with van der Waals surface area (Å²) in [5, 5.41) is 3.60. The fraction of sp³-hybridized carbons (Fsp3) is 0.600. The van der Waals surface area contributed by atoms with Gasteiger partial charge in [0.15, 0.2) is 0 Å². The molecule has 0 saturated heterocycles. The molecule has 0 saturated carbocycles. The summed E-state index contributed by atoms with van der Waals surface area (Å²) in [4.78, 5) is 0. The first kappa shape index (κ1) is 11.5. The predicted molar refractivity (Wildman–Crippen MR) is 71.0 cm³/mol. The second kappa shape index (κ2) is 4.90. The number of fused-ring (bicyclic) bond motifs is 1. The van der Waals surface area contributed by atoms with E-state index in [9.17, 15) is 0 Å². The fourth-order valence-electron chi connectivity index (χ4n) is 2.71. The molecule has 0 radical (unpaired) electrons. The third-order valence-electron chi connectivity index (χ3n) is 3.34. The lowest BCUT2D eigenvalue weighted by atomic mass is 10.0. The molecule has 0 heterocycles. The standard InChI is InChI=1S/C15H23N/c1-11(2)9-12(3)16-15-8-7-13-5-4-6-14(13)10-15/h7-8,10-12,16H,4-6,9H2,1-3H3. The Labute approximate surface area is 99.3 Å². The minimum absolute atomic E-state index is 0.569. The molecule has 1 heteroatoms. The monoisotopic (exact) mass is 217 g/mol. The van der Waals surface area contributed by atoms with Crippen LogP contribution in [-0.4, -0.2) is 6.04 Å². The lowest BCUT2D eigenvalue weighted by Crippen LogP contribution is -2.17. The van der Waals surface area contributed by atoms with Crippen LogP contribution in [0.15, 0.2) is 18.2 Å². The van der Waals surface area contributed by atoms with E-state index in [4.69, 9.17) is 0 Å². The van der Waals surface area contributed by atoms with Crippen molar-refractivity contribution in [3.8, 4) is 0 Å². The van der Waals surface area contributed by atoms with Gasteiger partial charge >= 0.3 is 0 Å². The van der Waals surface area contributed by atoms with Crippen LogP contribution >= 0.6 is 0 Å². The van der Waals surface area contributed by atoms with Crippen LogP contribution in [0.1, 0.15) is 44.7 Å². The van der Waals surface area contributed by atoms with Gasteiger partial charge in [-0.3, -0.25) is 0 Å². The molecular formula is C15H23N. The van der Waals surface area contributed by atoms with Gasteiger partial charge in [-0.25, -0.2) is 0 Å². The number of hydrogen-bond donors (Lipinski definition) is 1. The molecule has 88 valence electrons. The Morgan fingerprint density at radius 3 is 2.62 bits per heavy atom. The van der Waals surface area contributed by atoms with Crippen LogP contribution in [0.4, 0.5) is 5.69 Å². The largest absolute Gasteiger partial charge is 0.383 e. The normalized spacial score (nSPS) is 16.2. The van der Waals surface area contributed by atoms with Crippen LogP contribution < -0.4 is 5.32 Å². The average molecular weight is 217 g/mol. The van der Waals surface area contributed by atoms with Crippen LogP contribution in [0.25, 0.3) is 0 Å².